The minimum absolute atomic E-state index is 0.0503. The second-order valence-electron chi connectivity index (χ2n) is 5.16. The van der Waals surface area contributed by atoms with Crippen LogP contribution in [0.1, 0.15) is 12.5 Å². The minimum atomic E-state index is -0.220. The van der Waals surface area contributed by atoms with Gasteiger partial charge in [-0.3, -0.25) is 4.79 Å². The number of aliphatic imine (C=N–C) groups is 1. The fourth-order valence-corrected chi connectivity index (χ4v) is 2.09. The Kier molecular flexibility index (Phi) is 6.19. The van der Waals surface area contributed by atoms with E-state index in [4.69, 9.17) is 10.5 Å². The zero-order chi connectivity index (χ0) is 17.4. The molecule has 2 aromatic carbocycles. The number of benzene rings is 2. The van der Waals surface area contributed by atoms with Crippen LogP contribution >= 0.6 is 0 Å². The van der Waals surface area contributed by atoms with Crippen LogP contribution in [0.3, 0.4) is 0 Å². The standard InChI is InChI=1S/C18H22N4O2/c1-3-13-5-4-6-15(11-13)21-17(23)12-20-18(19)22-14-7-9-16(24-2)10-8-14/h4-11H,3,12H2,1-2H3,(H,21,23)(H3,19,20,22). The van der Waals surface area contributed by atoms with E-state index in [-0.39, 0.29) is 18.4 Å². The Morgan fingerprint density at radius 3 is 2.54 bits per heavy atom. The molecular formula is C18H22N4O2. The molecule has 2 aromatic rings. The van der Waals surface area contributed by atoms with Crippen molar-refractivity contribution in [2.24, 2.45) is 10.7 Å². The predicted molar refractivity (Wildman–Crippen MR) is 97.6 cm³/mol. The van der Waals surface area contributed by atoms with Crippen molar-refractivity contribution in [3.05, 3.63) is 54.1 Å². The van der Waals surface area contributed by atoms with E-state index in [1.165, 1.54) is 0 Å². The molecule has 6 nitrogen and oxygen atoms in total. The number of nitrogens with one attached hydrogen (secondary N) is 2. The van der Waals surface area contributed by atoms with Crippen LogP contribution in [0.25, 0.3) is 0 Å². The van der Waals surface area contributed by atoms with Crippen molar-refractivity contribution in [2.75, 3.05) is 24.3 Å². The van der Waals surface area contributed by atoms with E-state index in [2.05, 4.69) is 22.5 Å². The van der Waals surface area contributed by atoms with Crippen molar-refractivity contribution in [3.63, 3.8) is 0 Å². The number of ether oxygens (including phenoxy) is 1. The van der Waals surface area contributed by atoms with Gasteiger partial charge in [-0.2, -0.15) is 0 Å². The van der Waals surface area contributed by atoms with Gasteiger partial charge in [0.2, 0.25) is 5.91 Å². The number of anilines is 2. The lowest BCUT2D eigenvalue weighted by Gasteiger charge is -2.07. The maximum absolute atomic E-state index is 11.9. The van der Waals surface area contributed by atoms with E-state index >= 15 is 0 Å². The van der Waals surface area contributed by atoms with Crippen molar-refractivity contribution >= 4 is 23.2 Å². The number of methoxy groups -OCH3 is 1. The maximum Gasteiger partial charge on any atom is 0.246 e. The molecule has 0 aliphatic carbocycles. The first-order valence-electron chi connectivity index (χ1n) is 7.70. The molecule has 6 heteroatoms. The van der Waals surface area contributed by atoms with Crippen LogP contribution in [0.2, 0.25) is 0 Å². The fraction of sp³-hybridized carbons (Fsp3) is 0.222. The number of nitrogens with zero attached hydrogens (tertiary/aromatic N) is 1. The number of guanidine groups is 1. The predicted octanol–water partition coefficient (Wildman–Crippen LogP) is 2.62. The number of aryl methyl sites for hydroxylation is 1. The third-order valence-corrected chi connectivity index (χ3v) is 3.37. The van der Waals surface area contributed by atoms with Gasteiger partial charge in [-0.05, 0) is 48.4 Å². The number of nitrogens with two attached hydrogens (primary N) is 1. The summed E-state index contributed by atoms with van der Waals surface area (Å²) in [4.78, 5) is 16.0. The Labute approximate surface area is 141 Å². The molecule has 0 radical (unpaired) electrons. The average molecular weight is 326 g/mol. The Morgan fingerprint density at radius 1 is 1.12 bits per heavy atom. The number of hydrogen-bond donors (Lipinski definition) is 3. The monoisotopic (exact) mass is 326 g/mol. The highest BCUT2D eigenvalue weighted by Crippen LogP contribution is 2.14. The molecule has 0 spiro atoms. The molecule has 2 rings (SSSR count). The largest absolute Gasteiger partial charge is 0.497 e. The Hall–Kier alpha value is -3.02. The zero-order valence-corrected chi connectivity index (χ0v) is 13.9. The number of amides is 1. The molecule has 0 saturated heterocycles. The molecule has 0 unspecified atom stereocenters. The first-order chi connectivity index (χ1) is 11.6. The summed E-state index contributed by atoms with van der Waals surface area (Å²) in [6.45, 7) is 2.02. The Balaban J connectivity index is 1.87. The molecule has 0 heterocycles. The van der Waals surface area contributed by atoms with Crippen LogP contribution in [-0.4, -0.2) is 25.5 Å². The van der Waals surface area contributed by atoms with Crippen LogP contribution in [0, 0.1) is 0 Å². The van der Waals surface area contributed by atoms with Crippen LogP contribution in [0.15, 0.2) is 53.5 Å². The van der Waals surface area contributed by atoms with E-state index in [1.807, 2.05) is 48.5 Å². The van der Waals surface area contributed by atoms with Crippen molar-refractivity contribution < 1.29 is 9.53 Å². The summed E-state index contributed by atoms with van der Waals surface area (Å²) in [5.74, 6) is 0.713. The van der Waals surface area contributed by atoms with Gasteiger partial charge in [0.25, 0.3) is 0 Å². The third-order valence-electron chi connectivity index (χ3n) is 3.37. The second kappa shape index (κ2) is 8.57. The van der Waals surface area contributed by atoms with Gasteiger partial charge in [0.1, 0.15) is 12.3 Å². The molecule has 0 aromatic heterocycles. The van der Waals surface area contributed by atoms with Gasteiger partial charge in [-0.25, -0.2) is 4.99 Å². The third kappa shape index (κ3) is 5.31. The van der Waals surface area contributed by atoms with Gasteiger partial charge in [-0.1, -0.05) is 19.1 Å². The fourth-order valence-electron chi connectivity index (χ4n) is 2.09. The summed E-state index contributed by atoms with van der Waals surface area (Å²) in [5.41, 5.74) is 8.49. The Morgan fingerprint density at radius 2 is 1.88 bits per heavy atom. The van der Waals surface area contributed by atoms with E-state index in [9.17, 15) is 4.79 Å². The smallest absolute Gasteiger partial charge is 0.246 e. The SMILES string of the molecule is CCc1cccc(NC(=O)CN=C(N)Nc2ccc(OC)cc2)c1. The van der Waals surface area contributed by atoms with Gasteiger partial charge in [0, 0.05) is 11.4 Å². The molecule has 0 atom stereocenters. The number of hydrogen-bond acceptors (Lipinski definition) is 3. The summed E-state index contributed by atoms with van der Waals surface area (Å²) in [7, 11) is 1.60. The van der Waals surface area contributed by atoms with Crippen molar-refractivity contribution in [1.29, 1.82) is 0 Å². The summed E-state index contributed by atoms with van der Waals surface area (Å²) in [5, 5.41) is 5.73. The summed E-state index contributed by atoms with van der Waals surface area (Å²) >= 11 is 0. The highest BCUT2D eigenvalue weighted by molar-refractivity contribution is 5.97. The van der Waals surface area contributed by atoms with Crippen molar-refractivity contribution in [1.82, 2.24) is 0 Å². The molecular weight excluding hydrogens is 304 g/mol. The topological polar surface area (TPSA) is 88.7 Å². The molecule has 0 fully saturated rings. The molecule has 0 aliphatic heterocycles. The molecule has 24 heavy (non-hydrogen) atoms. The van der Waals surface area contributed by atoms with Crippen molar-refractivity contribution in [3.8, 4) is 5.75 Å². The van der Waals surface area contributed by atoms with E-state index in [0.717, 1.165) is 29.1 Å². The molecule has 4 N–H and O–H groups in total. The summed E-state index contributed by atoms with van der Waals surface area (Å²) in [6, 6.07) is 15.0. The lowest BCUT2D eigenvalue weighted by atomic mass is 10.1. The number of carbonyl (C=O) groups excluding carboxylic acids is 1. The van der Waals surface area contributed by atoms with Gasteiger partial charge < -0.3 is 21.1 Å². The van der Waals surface area contributed by atoms with Crippen LogP contribution in [-0.2, 0) is 11.2 Å². The molecule has 0 saturated carbocycles. The van der Waals surface area contributed by atoms with Gasteiger partial charge in [-0.15, -0.1) is 0 Å². The summed E-state index contributed by atoms with van der Waals surface area (Å²) < 4.78 is 5.08. The summed E-state index contributed by atoms with van der Waals surface area (Å²) in [6.07, 6.45) is 0.917. The van der Waals surface area contributed by atoms with Crippen LogP contribution in [0.5, 0.6) is 5.75 Å². The quantitative estimate of drug-likeness (QED) is 0.562. The Bertz CT molecular complexity index is 711. The second-order valence-corrected chi connectivity index (χ2v) is 5.16. The van der Waals surface area contributed by atoms with E-state index in [0.29, 0.717) is 0 Å². The zero-order valence-electron chi connectivity index (χ0n) is 13.9. The lowest BCUT2D eigenvalue weighted by Crippen LogP contribution is -2.25. The van der Waals surface area contributed by atoms with Crippen LogP contribution in [0.4, 0.5) is 11.4 Å². The van der Waals surface area contributed by atoms with Crippen molar-refractivity contribution in [2.45, 2.75) is 13.3 Å². The number of rotatable bonds is 6. The van der Waals surface area contributed by atoms with Gasteiger partial charge >= 0.3 is 0 Å². The highest BCUT2D eigenvalue weighted by Gasteiger charge is 2.03. The van der Waals surface area contributed by atoms with Crippen LogP contribution < -0.4 is 21.1 Å². The molecule has 126 valence electrons. The normalized spacial score (nSPS) is 11.0. The van der Waals surface area contributed by atoms with E-state index in [1.54, 1.807) is 7.11 Å². The van der Waals surface area contributed by atoms with E-state index < -0.39 is 0 Å². The lowest BCUT2D eigenvalue weighted by molar-refractivity contribution is -0.114. The molecule has 0 aliphatic rings. The molecule has 1 amide bonds. The average Bonchev–Trinajstić information content (AvgIpc) is 2.61. The molecule has 0 bridgehead atoms. The van der Waals surface area contributed by atoms with Gasteiger partial charge in [0.05, 0.1) is 7.11 Å². The minimum Gasteiger partial charge on any atom is -0.497 e. The maximum atomic E-state index is 11.9. The first kappa shape index (κ1) is 17.3. The number of carbonyl (C=O) groups is 1. The first-order valence-corrected chi connectivity index (χ1v) is 7.70. The highest BCUT2D eigenvalue weighted by atomic mass is 16.5. The van der Waals surface area contributed by atoms with Gasteiger partial charge in [0.15, 0.2) is 5.96 Å².